The Hall–Kier alpha value is -1.81. The minimum atomic E-state index is 0.237. The fourth-order valence-electron chi connectivity index (χ4n) is 2.91. The van der Waals surface area contributed by atoms with Crippen molar-refractivity contribution in [1.82, 2.24) is 4.98 Å². The quantitative estimate of drug-likeness (QED) is 0.880. The average molecular weight is 271 g/mol. The third-order valence-electron chi connectivity index (χ3n) is 3.97. The summed E-state index contributed by atoms with van der Waals surface area (Å²) >= 11 is 0. The van der Waals surface area contributed by atoms with Crippen LogP contribution in [0.4, 0.5) is 5.69 Å². The highest BCUT2D eigenvalue weighted by Gasteiger charge is 2.21. The maximum absolute atomic E-state index is 6.16. The zero-order chi connectivity index (χ0) is 14.1. The number of fused-ring (bicyclic) bond motifs is 1. The Kier molecular flexibility index (Phi) is 3.49. The molecule has 0 bridgehead atoms. The van der Waals surface area contributed by atoms with Crippen molar-refractivity contribution in [3.8, 4) is 5.75 Å². The van der Waals surface area contributed by atoms with Gasteiger partial charge in [0.25, 0.3) is 0 Å². The molecule has 1 fully saturated rings. The average Bonchev–Trinajstić information content (AvgIpc) is 2.41. The van der Waals surface area contributed by atoms with E-state index in [1.165, 1.54) is 0 Å². The molecule has 1 aliphatic rings. The Balaban J connectivity index is 1.91. The van der Waals surface area contributed by atoms with E-state index in [-0.39, 0.29) is 6.10 Å². The lowest BCUT2D eigenvalue weighted by molar-refractivity contribution is 0.149. The van der Waals surface area contributed by atoms with Gasteiger partial charge in [-0.1, -0.05) is 6.07 Å². The van der Waals surface area contributed by atoms with Crippen LogP contribution in [0.5, 0.6) is 5.75 Å². The summed E-state index contributed by atoms with van der Waals surface area (Å²) in [6, 6.07) is 8.15. The van der Waals surface area contributed by atoms with Crippen LogP contribution in [-0.4, -0.2) is 17.1 Å². The summed E-state index contributed by atoms with van der Waals surface area (Å²) in [6.45, 7) is 1.95. The van der Waals surface area contributed by atoms with Gasteiger partial charge in [-0.2, -0.15) is 0 Å². The highest BCUT2D eigenvalue weighted by molar-refractivity contribution is 5.95. The number of anilines is 1. The molecule has 0 saturated heterocycles. The van der Waals surface area contributed by atoms with Gasteiger partial charge in [-0.15, -0.1) is 0 Å². The molecular formula is C16H21N3O. The van der Waals surface area contributed by atoms with Crippen molar-refractivity contribution < 1.29 is 4.74 Å². The first-order valence-electron chi connectivity index (χ1n) is 7.21. The molecule has 0 aliphatic heterocycles. The predicted octanol–water partition coefficient (Wildman–Crippen LogP) is 2.77. The predicted molar refractivity (Wildman–Crippen MR) is 81.8 cm³/mol. The molecule has 0 radical (unpaired) electrons. The van der Waals surface area contributed by atoms with E-state index >= 15 is 0 Å². The van der Waals surface area contributed by atoms with Gasteiger partial charge < -0.3 is 16.2 Å². The molecule has 20 heavy (non-hydrogen) atoms. The van der Waals surface area contributed by atoms with E-state index in [1.807, 2.05) is 31.2 Å². The number of hydrogen-bond acceptors (Lipinski definition) is 4. The molecular weight excluding hydrogens is 250 g/mol. The molecule has 2 aromatic rings. The van der Waals surface area contributed by atoms with Gasteiger partial charge in [-0.25, -0.2) is 0 Å². The summed E-state index contributed by atoms with van der Waals surface area (Å²) < 4.78 is 6.16. The summed E-state index contributed by atoms with van der Waals surface area (Å²) in [7, 11) is 0. The Bertz CT molecular complexity index is 618. The van der Waals surface area contributed by atoms with Crippen LogP contribution >= 0.6 is 0 Å². The van der Waals surface area contributed by atoms with Gasteiger partial charge in [0.1, 0.15) is 5.75 Å². The Morgan fingerprint density at radius 3 is 2.70 bits per heavy atom. The van der Waals surface area contributed by atoms with E-state index in [0.717, 1.165) is 53.7 Å². The van der Waals surface area contributed by atoms with E-state index in [1.54, 1.807) is 0 Å². The number of nitrogens with two attached hydrogens (primary N) is 2. The van der Waals surface area contributed by atoms with Crippen molar-refractivity contribution in [3.05, 3.63) is 30.0 Å². The highest BCUT2D eigenvalue weighted by Crippen LogP contribution is 2.32. The van der Waals surface area contributed by atoms with Crippen LogP contribution in [0.2, 0.25) is 0 Å². The molecule has 1 saturated carbocycles. The van der Waals surface area contributed by atoms with E-state index in [9.17, 15) is 0 Å². The van der Waals surface area contributed by atoms with Gasteiger partial charge in [0.2, 0.25) is 0 Å². The molecule has 1 heterocycles. The number of nitrogens with zero attached hydrogens (tertiary/aromatic N) is 1. The second-order valence-corrected chi connectivity index (χ2v) is 5.66. The number of nitrogen functional groups attached to an aromatic ring is 1. The number of pyridine rings is 1. The van der Waals surface area contributed by atoms with Gasteiger partial charge in [0.05, 0.1) is 17.0 Å². The topological polar surface area (TPSA) is 74.2 Å². The van der Waals surface area contributed by atoms with Crippen LogP contribution in [0.3, 0.4) is 0 Å². The van der Waals surface area contributed by atoms with Gasteiger partial charge in [0, 0.05) is 17.4 Å². The molecule has 1 aliphatic carbocycles. The van der Waals surface area contributed by atoms with E-state index < -0.39 is 0 Å². The number of aryl methyl sites for hydroxylation is 1. The molecule has 1 aromatic heterocycles. The maximum Gasteiger partial charge on any atom is 0.131 e. The number of hydrogen-bond donors (Lipinski definition) is 2. The number of rotatable bonds is 2. The molecule has 4 N–H and O–H groups in total. The lowest BCUT2D eigenvalue weighted by Crippen LogP contribution is -2.31. The van der Waals surface area contributed by atoms with Crippen molar-refractivity contribution in [1.29, 1.82) is 0 Å². The maximum atomic E-state index is 6.16. The first-order valence-corrected chi connectivity index (χ1v) is 7.21. The fraction of sp³-hybridized carbons (Fsp3) is 0.438. The number of aromatic nitrogens is 1. The van der Waals surface area contributed by atoms with E-state index in [0.29, 0.717) is 6.04 Å². The SMILES string of the molecule is Cc1cc(N)c2c(O[C@H]3CC[C@H](N)CC3)cccc2n1. The van der Waals surface area contributed by atoms with Crippen LogP contribution in [0, 0.1) is 6.92 Å². The largest absolute Gasteiger partial charge is 0.490 e. The monoisotopic (exact) mass is 271 g/mol. The van der Waals surface area contributed by atoms with Crippen molar-refractivity contribution in [2.45, 2.75) is 44.8 Å². The second kappa shape index (κ2) is 5.29. The number of ether oxygens (including phenoxy) is 1. The van der Waals surface area contributed by atoms with Crippen molar-refractivity contribution >= 4 is 16.6 Å². The Labute approximate surface area is 119 Å². The first-order chi connectivity index (χ1) is 9.63. The number of benzene rings is 1. The van der Waals surface area contributed by atoms with Crippen LogP contribution in [-0.2, 0) is 0 Å². The fourth-order valence-corrected chi connectivity index (χ4v) is 2.91. The molecule has 4 heteroatoms. The van der Waals surface area contributed by atoms with Crippen molar-refractivity contribution in [3.63, 3.8) is 0 Å². The molecule has 1 aromatic carbocycles. The first kappa shape index (κ1) is 13.2. The van der Waals surface area contributed by atoms with Gasteiger partial charge in [-0.3, -0.25) is 4.98 Å². The molecule has 4 nitrogen and oxygen atoms in total. The highest BCUT2D eigenvalue weighted by atomic mass is 16.5. The van der Waals surface area contributed by atoms with Crippen LogP contribution in [0.15, 0.2) is 24.3 Å². The summed E-state index contributed by atoms with van der Waals surface area (Å²) in [5, 5.41) is 0.924. The summed E-state index contributed by atoms with van der Waals surface area (Å²) in [5.41, 5.74) is 14.6. The lowest BCUT2D eigenvalue weighted by Gasteiger charge is -2.27. The normalized spacial score (nSPS) is 22.9. The molecule has 0 unspecified atom stereocenters. The summed E-state index contributed by atoms with van der Waals surface area (Å²) in [6.07, 6.45) is 4.32. The van der Waals surface area contributed by atoms with Crippen molar-refractivity contribution in [2.75, 3.05) is 5.73 Å². The minimum Gasteiger partial charge on any atom is -0.490 e. The molecule has 106 valence electrons. The molecule has 0 amide bonds. The van der Waals surface area contributed by atoms with Crippen LogP contribution in [0.1, 0.15) is 31.4 Å². The second-order valence-electron chi connectivity index (χ2n) is 5.66. The third-order valence-corrected chi connectivity index (χ3v) is 3.97. The van der Waals surface area contributed by atoms with E-state index in [2.05, 4.69) is 4.98 Å². The summed E-state index contributed by atoms with van der Waals surface area (Å²) in [5.74, 6) is 0.841. The zero-order valence-electron chi connectivity index (χ0n) is 11.8. The molecule has 3 rings (SSSR count). The van der Waals surface area contributed by atoms with Gasteiger partial charge >= 0.3 is 0 Å². The Morgan fingerprint density at radius 1 is 1.20 bits per heavy atom. The van der Waals surface area contributed by atoms with Crippen LogP contribution < -0.4 is 16.2 Å². The molecule has 0 spiro atoms. The Morgan fingerprint density at radius 2 is 1.95 bits per heavy atom. The lowest BCUT2D eigenvalue weighted by atomic mass is 9.93. The van der Waals surface area contributed by atoms with E-state index in [4.69, 9.17) is 16.2 Å². The zero-order valence-corrected chi connectivity index (χ0v) is 11.8. The van der Waals surface area contributed by atoms with Gasteiger partial charge in [0.15, 0.2) is 0 Å². The summed E-state index contributed by atoms with van der Waals surface area (Å²) in [4.78, 5) is 4.52. The smallest absolute Gasteiger partial charge is 0.131 e. The standard InChI is InChI=1S/C16H21N3O/c1-10-9-13(18)16-14(19-10)3-2-4-15(16)20-12-7-5-11(17)6-8-12/h2-4,9,11-12H,5-8,17H2,1H3,(H2,18,19)/t11-,12-. The third kappa shape index (κ3) is 2.56. The van der Waals surface area contributed by atoms with Gasteiger partial charge in [-0.05, 0) is 50.8 Å². The van der Waals surface area contributed by atoms with Crippen molar-refractivity contribution in [2.24, 2.45) is 5.73 Å². The molecule has 0 atom stereocenters. The minimum absolute atomic E-state index is 0.237. The van der Waals surface area contributed by atoms with Crippen LogP contribution in [0.25, 0.3) is 10.9 Å².